The monoisotopic (exact) mass is 578 g/mol. The fourth-order valence-electron chi connectivity index (χ4n) is 2.11. The number of halogens is 2. The molecule has 10 heteroatoms. The molecule has 0 saturated carbocycles. The third-order valence-electron chi connectivity index (χ3n) is 6.12. The highest BCUT2D eigenvalue weighted by molar-refractivity contribution is 14.1. The molecule has 0 N–H and O–H groups in total. The number of alkyl halides is 2. The lowest BCUT2D eigenvalue weighted by molar-refractivity contribution is -0.172. The van der Waals surface area contributed by atoms with Crippen LogP contribution in [-0.4, -0.2) is 58.2 Å². The summed E-state index contributed by atoms with van der Waals surface area (Å²) in [5.74, 6) is -0.604. The van der Waals surface area contributed by atoms with Gasteiger partial charge in [0.25, 0.3) is 6.47 Å². The van der Waals surface area contributed by atoms with Crippen LogP contribution in [0.15, 0.2) is 0 Å². The van der Waals surface area contributed by atoms with Crippen LogP contribution in [0.25, 0.3) is 0 Å². The largest absolute Gasteiger partial charge is 0.458 e. The van der Waals surface area contributed by atoms with Gasteiger partial charge in [-0.3, -0.25) is 9.59 Å². The van der Waals surface area contributed by atoms with Crippen molar-refractivity contribution in [2.24, 2.45) is 0 Å². The number of ether oxygens (including phenoxy) is 2. The van der Waals surface area contributed by atoms with Crippen molar-refractivity contribution in [3.05, 3.63) is 0 Å². The van der Waals surface area contributed by atoms with E-state index in [0.29, 0.717) is 0 Å². The standard InChI is InChI=1S/C20H40FIO6Si2/c1-14(24)27-16(17(18(21)22)28-30(10,11)20(5,6)7)15(25-13-23)12-26-29(8,9)19(2,3)4/h13,15-18H,12H2,1-11H3/t15-,16+,17+,18?/m1/s1. The number of carbonyl (C=O) groups is 2. The van der Waals surface area contributed by atoms with Crippen molar-refractivity contribution in [1.82, 2.24) is 0 Å². The lowest BCUT2D eigenvalue weighted by Crippen LogP contribution is -2.55. The molecule has 0 aromatic heterocycles. The van der Waals surface area contributed by atoms with Gasteiger partial charge in [-0.05, 0) is 58.9 Å². The van der Waals surface area contributed by atoms with Crippen LogP contribution in [0.3, 0.4) is 0 Å². The highest BCUT2D eigenvalue weighted by atomic mass is 127. The third kappa shape index (κ3) is 8.83. The summed E-state index contributed by atoms with van der Waals surface area (Å²) in [4.78, 5) is 23.1. The highest BCUT2D eigenvalue weighted by Gasteiger charge is 2.47. The zero-order valence-electron chi connectivity index (χ0n) is 20.3. The van der Waals surface area contributed by atoms with Crippen molar-refractivity contribution in [2.45, 2.75) is 107 Å². The van der Waals surface area contributed by atoms with Gasteiger partial charge in [0.15, 0.2) is 33.0 Å². The molecule has 0 aliphatic carbocycles. The van der Waals surface area contributed by atoms with E-state index in [4.69, 9.17) is 18.3 Å². The quantitative estimate of drug-likeness (QED) is 0.105. The van der Waals surface area contributed by atoms with Crippen molar-refractivity contribution >= 4 is 51.7 Å². The molecule has 178 valence electrons. The van der Waals surface area contributed by atoms with Gasteiger partial charge >= 0.3 is 5.97 Å². The average Bonchev–Trinajstić information content (AvgIpc) is 2.52. The van der Waals surface area contributed by atoms with Crippen molar-refractivity contribution in [2.75, 3.05) is 6.61 Å². The lowest BCUT2D eigenvalue weighted by Gasteiger charge is -2.43. The number of carbonyl (C=O) groups excluding carboxylic acids is 2. The van der Waals surface area contributed by atoms with E-state index in [-0.39, 0.29) is 23.2 Å². The topological polar surface area (TPSA) is 71.1 Å². The van der Waals surface area contributed by atoms with Gasteiger partial charge in [-0.15, -0.1) is 0 Å². The second-order valence-electron chi connectivity index (χ2n) is 10.6. The summed E-state index contributed by atoms with van der Waals surface area (Å²) in [7, 11) is -4.60. The molecule has 0 bridgehead atoms. The molecule has 0 amide bonds. The van der Waals surface area contributed by atoms with E-state index in [0.717, 1.165) is 0 Å². The third-order valence-corrected chi connectivity index (χ3v) is 15.8. The molecule has 0 aromatic carbocycles. The zero-order chi connectivity index (χ0) is 24.1. The Bertz CT molecular complexity index is 573. The minimum Gasteiger partial charge on any atom is -0.458 e. The second kappa shape index (κ2) is 11.2. The molecule has 1 unspecified atom stereocenters. The van der Waals surface area contributed by atoms with Crippen LogP contribution < -0.4 is 0 Å². The Hall–Kier alpha value is -0.0462. The first-order valence-electron chi connectivity index (χ1n) is 10.1. The summed E-state index contributed by atoms with van der Waals surface area (Å²) >= 11 is 1.62. The predicted molar refractivity (Wildman–Crippen MR) is 131 cm³/mol. The van der Waals surface area contributed by atoms with Gasteiger partial charge in [0, 0.05) is 6.92 Å². The van der Waals surface area contributed by atoms with Crippen molar-refractivity contribution in [1.29, 1.82) is 0 Å². The Morgan fingerprint density at radius 3 is 1.80 bits per heavy atom. The summed E-state index contributed by atoms with van der Waals surface area (Å²) < 4.78 is 36.5. The molecule has 0 saturated heterocycles. The minimum absolute atomic E-state index is 0.00605. The van der Waals surface area contributed by atoms with Crippen molar-refractivity contribution in [3.63, 3.8) is 0 Å². The molecule has 0 aromatic rings. The molecule has 4 atom stereocenters. The van der Waals surface area contributed by atoms with Crippen molar-refractivity contribution < 1.29 is 32.3 Å². The Kier molecular flexibility index (Phi) is 11.2. The molecule has 0 fully saturated rings. The Labute approximate surface area is 197 Å². The summed E-state index contributed by atoms with van der Waals surface area (Å²) in [5, 5.41) is -0.255. The van der Waals surface area contributed by atoms with E-state index < -0.39 is 45.1 Å². The SMILES string of the molecule is CC(=O)O[C@H]([C@H](O[Si](C)(C)C(C)(C)C)C(F)I)[C@@H](CO[Si](C)(C)C(C)(C)C)OC=O. The number of esters is 1. The van der Waals surface area contributed by atoms with Crippen LogP contribution in [0.2, 0.25) is 36.3 Å². The molecule has 0 spiro atoms. The first kappa shape index (κ1) is 30.0. The fraction of sp³-hybridized carbons (Fsp3) is 0.900. The van der Waals surface area contributed by atoms with Crippen LogP contribution in [0, 0.1) is 0 Å². The Balaban J connectivity index is 5.98. The van der Waals surface area contributed by atoms with E-state index >= 15 is 0 Å². The summed E-state index contributed by atoms with van der Waals surface area (Å²) in [6, 6.07) is 0. The van der Waals surface area contributed by atoms with E-state index in [9.17, 15) is 14.0 Å². The summed E-state index contributed by atoms with van der Waals surface area (Å²) in [5.41, 5.74) is 0. The van der Waals surface area contributed by atoms with E-state index in [2.05, 4.69) is 33.9 Å². The Morgan fingerprint density at radius 1 is 1.00 bits per heavy atom. The zero-order valence-corrected chi connectivity index (χ0v) is 24.5. The molecular formula is C20H40FIO6Si2. The second-order valence-corrected chi connectivity index (χ2v) is 21.3. The number of hydrogen-bond acceptors (Lipinski definition) is 6. The fourth-order valence-corrected chi connectivity index (χ4v) is 5.25. The lowest BCUT2D eigenvalue weighted by atomic mass is 10.1. The molecule has 0 radical (unpaired) electrons. The van der Waals surface area contributed by atoms with Gasteiger partial charge < -0.3 is 18.3 Å². The molecular weight excluding hydrogens is 538 g/mol. The molecule has 0 aliphatic rings. The predicted octanol–water partition coefficient (Wildman–Crippen LogP) is 5.60. The summed E-state index contributed by atoms with van der Waals surface area (Å²) in [6.07, 6.45) is -3.20. The molecule has 0 aliphatic heterocycles. The van der Waals surface area contributed by atoms with Crippen LogP contribution in [0.1, 0.15) is 48.5 Å². The first-order valence-corrected chi connectivity index (χ1v) is 17.2. The Morgan fingerprint density at radius 2 is 1.47 bits per heavy atom. The smallest absolute Gasteiger partial charge is 0.303 e. The maximum atomic E-state index is 14.8. The van der Waals surface area contributed by atoms with Crippen LogP contribution >= 0.6 is 22.6 Å². The van der Waals surface area contributed by atoms with Gasteiger partial charge in [0.1, 0.15) is 6.10 Å². The maximum absolute atomic E-state index is 14.8. The van der Waals surface area contributed by atoms with Crippen LogP contribution in [-0.2, 0) is 27.9 Å². The molecule has 0 rings (SSSR count). The van der Waals surface area contributed by atoms with Crippen LogP contribution in [0.4, 0.5) is 4.39 Å². The molecule has 0 heterocycles. The van der Waals surface area contributed by atoms with Gasteiger partial charge in [-0.25, -0.2) is 4.39 Å². The van der Waals surface area contributed by atoms with E-state index in [1.165, 1.54) is 6.92 Å². The van der Waals surface area contributed by atoms with Gasteiger partial charge in [0.2, 0.25) is 0 Å². The molecule has 30 heavy (non-hydrogen) atoms. The van der Waals surface area contributed by atoms with E-state index in [1.54, 1.807) is 22.6 Å². The average molecular weight is 579 g/mol. The number of hydrogen-bond donors (Lipinski definition) is 0. The van der Waals surface area contributed by atoms with Gasteiger partial charge in [-0.1, -0.05) is 41.5 Å². The normalized spacial score (nSPS) is 17.6. The number of rotatable bonds is 11. The molecule has 6 nitrogen and oxygen atoms in total. The van der Waals surface area contributed by atoms with Crippen molar-refractivity contribution in [3.8, 4) is 0 Å². The maximum Gasteiger partial charge on any atom is 0.303 e. The van der Waals surface area contributed by atoms with Gasteiger partial charge in [-0.2, -0.15) is 0 Å². The minimum atomic E-state index is -2.41. The van der Waals surface area contributed by atoms with Crippen LogP contribution in [0.5, 0.6) is 0 Å². The van der Waals surface area contributed by atoms with Gasteiger partial charge in [0.05, 0.1) is 6.61 Å². The summed E-state index contributed by atoms with van der Waals surface area (Å²) in [6.45, 7) is 22.0. The highest BCUT2D eigenvalue weighted by Crippen LogP contribution is 2.40. The first-order chi connectivity index (χ1) is 13.3. The van der Waals surface area contributed by atoms with E-state index in [1.807, 2.05) is 33.9 Å².